The standard InChI is InChI=1S/C20H23N3O3/c1-14-8-3-4-9-15(14)21-19(24)17-11-7-13-23(17)20(25)22-16-10-5-6-12-18(16)26-2/h3-6,8-10,12,17H,7,11,13H2,1-2H3,(H,21,24)(H,22,25)/t17-/m0/s1. The van der Waals surface area contributed by atoms with E-state index in [1.807, 2.05) is 43.3 Å². The summed E-state index contributed by atoms with van der Waals surface area (Å²) in [6.07, 6.45) is 1.45. The molecule has 1 atom stereocenters. The average molecular weight is 353 g/mol. The normalized spacial score (nSPS) is 16.2. The van der Waals surface area contributed by atoms with E-state index in [9.17, 15) is 9.59 Å². The zero-order valence-electron chi connectivity index (χ0n) is 15.0. The van der Waals surface area contributed by atoms with Gasteiger partial charge in [-0.25, -0.2) is 4.79 Å². The molecule has 2 N–H and O–H groups in total. The van der Waals surface area contributed by atoms with Crippen LogP contribution in [0.3, 0.4) is 0 Å². The molecule has 6 nitrogen and oxygen atoms in total. The zero-order chi connectivity index (χ0) is 18.5. The molecule has 2 aromatic carbocycles. The van der Waals surface area contributed by atoms with Gasteiger partial charge >= 0.3 is 6.03 Å². The molecule has 0 radical (unpaired) electrons. The first kappa shape index (κ1) is 17.8. The monoisotopic (exact) mass is 353 g/mol. The van der Waals surface area contributed by atoms with Gasteiger partial charge in [-0.05, 0) is 43.5 Å². The molecule has 6 heteroatoms. The van der Waals surface area contributed by atoms with Crippen molar-refractivity contribution in [3.8, 4) is 5.75 Å². The summed E-state index contributed by atoms with van der Waals surface area (Å²) in [6.45, 7) is 2.49. The van der Waals surface area contributed by atoms with Crippen molar-refractivity contribution in [2.24, 2.45) is 0 Å². The lowest BCUT2D eigenvalue weighted by Crippen LogP contribution is -2.45. The minimum absolute atomic E-state index is 0.160. The highest BCUT2D eigenvalue weighted by molar-refractivity contribution is 6.00. The number of benzene rings is 2. The van der Waals surface area contributed by atoms with Crippen LogP contribution in [-0.2, 0) is 4.79 Å². The minimum Gasteiger partial charge on any atom is -0.495 e. The van der Waals surface area contributed by atoms with Crippen LogP contribution in [-0.4, -0.2) is 36.5 Å². The highest BCUT2D eigenvalue weighted by Gasteiger charge is 2.34. The Bertz CT molecular complexity index is 806. The first-order chi connectivity index (χ1) is 12.6. The number of ether oxygens (including phenoxy) is 1. The molecule has 1 fully saturated rings. The van der Waals surface area contributed by atoms with Gasteiger partial charge in [0.2, 0.25) is 5.91 Å². The van der Waals surface area contributed by atoms with Crippen LogP contribution in [0.25, 0.3) is 0 Å². The first-order valence-corrected chi connectivity index (χ1v) is 8.67. The van der Waals surface area contributed by atoms with Gasteiger partial charge in [0.25, 0.3) is 0 Å². The van der Waals surface area contributed by atoms with E-state index >= 15 is 0 Å². The molecular formula is C20H23N3O3. The van der Waals surface area contributed by atoms with Crippen LogP contribution in [0.2, 0.25) is 0 Å². The summed E-state index contributed by atoms with van der Waals surface area (Å²) >= 11 is 0. The van der Waals surface area contributed by atoms with Crippen LogP contribution in [0.4, 0.5) is 16.2 Å². The van der Waals surface area contributed by atoms with E-state index < -0.39 is 6.04 Å². The average Bonchev–Trinajstić information content (AvgIpc) is 3.14. The summed E-state index contributed by atoms with van der Waals surface area (Å²) < 4.78 is 5.26. The van der Waals surface area contributed by atoms with Crippen molar-refractivity contribution in [1.29, 1.82) is 0 Å². The number of rotatable bonds is 4. The highest BCUT2D eigenvalue weighted by atomic mass is 16.5. The Balaban J connectivity index is 1.70. The third-order valence-electron chi connectivity index (χ3n) is 4.57. The van der Waals surface area contributed by atoms with Gasteiger partial charge in [-0.15, -0.1) is 0 Å². The molecule has 0 spiro atoms. The minimum atomic E-state index is -0.482. The Labute approximate surface area is 153 Å². The maximum Gasteiger partial charge on any atom is 0.322 e. The van der Waals surface area contributed by atoms with E-state index in [2.05, 4.69) is 10.6 Å². The molecule has 0 bridgehead atoms. The number of hydrogen-bond donors (Lipinski definition) is 2. The lowest BCUT2D eigenvalue weighted by Gasteiger charge is -2.25. The summed E-state index contributed by atoms with van der Waals surface area (Å²) in [6, 6.07) is 14.0. The van der Waals surface area contributed by atoms with E-state index in [-0.39, 0.29) is 11.9 Å². The molecule has 26 heavy (non-hydrogen) atoms. The maximum atomic E-state index is 12.7. The van der Waals surface area contributed by atoms with Crippen molar-refractivity contribution < 1.29 is 14.3 Å². The zero-order valence-corrected chi connectivity index (χ0v) is 15.0. The molecule has 0 unspecified atom stereocenters. The van der Waals surface area contributed by atoms with E-state index in [0.717, 1.165) is 17.7 Å². The van der Waals surface area contributed by atoms with Crippen LogP contribution < -0.4 is 15.4 Å². The molecule has 0 saturated carbocycles. The second-order valence-corrected chi connectivity index (χ2v) is 6.29. The van der Waals surface area contributed by atoms with Gasteiger partial charge in [-0.2, -0.15) is 0 Å². The van der Waals surface area contributed by atoms with Crippen LogP contribution >= 0.6 is 0 Å². The van der Waals surface area contributed by atoms with Crippen LogP contribution in [0.15, 0.2) is 48.5 Å². The number of hydrogen-bond acceptors (Lipinski definition) is 3. The fourth-order valence-electron chi connectivity index (χ4n) is 3.15. The van der Waals surface area contributed by atoms with Gasteiger partial charge < -0.3 is 20.3 Å². The third-order valence-corrected chi connectivity index (χ3v) is 4.57. The van der Waals surface area contributed by atoms with Crippen molar-refractivity contribution in [3.63, 3.8) is 0 Å². The quantitative estimate of drug-likeness (QED) is 0.882. The highest BCUT2D eigenvalue weighted by Crippen LogP contribution is 2.26. The van der Waals surface area contributed by atoms with E-state index in [0.29, 0.717) is 24.4 Å². The fourth-order valence-corrected chi connectivity index (χ4v) is 3.15. The third kappa shape index (κ3) is 3.79. The van der Waals surface area contributed by atoms with Crippen molar-refractivity contribution in [2.45, 2.75) is 25.8 Å². The van der Waals surface area contributed by atoms with Crippen LogP contribution in [0, 0.1) is 6.92 Å². The molecule has 1 saturated heterocycles. The largest absolute Gasteiger partial charge is 0.495 e. The van der Waals surface area contributed by atoms with Gasteiger partial charge in [0.05, 0.1) is 12.8 Å². The molecule has 1 aliphatic heterocycles. The van der Waals surface area contributed by atoms with Crippen molar-refractivity contribution in [2.75, 3.05) is 24.3 Å². The fraction of sp³-hybridized carbons (Fsp3) is 0.300. The smallest absolute Gasteiger partial charge is 0.322 e. The summed E-state index contributed by atoms with van der Waals surface area (Å²) in [5, 5.41) is 5.78. The van der Waals surface area contributed by atoms with E-state index in [4.69, 9.17) is 4.74 Å². The number of carbonyl (C=O) groups excluding carboxylic acids is 2. The number of aryl methyl sites for hydroxylation is 1. The number of methoxy groups -OCH3 is 1. The Morgan fingerprint density at radius 3 is 2.46 bits per heavy atom. The first-order valence-electron chi connectivity index (χ1n) is 8.67. The lowest BCUT2D eigenvalue weighted by atomic mass is 10.1. The molecule has 1 aliphatic rings. The predicted octanol–water partition coefficient (Wildman–Crippen LogP) is 3.64. The number of nitrogens with zero attached hydrogens (tertiary/aromatic N) is 1. The second kappa shape index (κ2) is 7.91. The summed E-state index contributed by atoms with van der Waals surface area (Å²) in [4.78, 5) is 27.0. The number of para-hydroxylation sites is 3. The summed E-state index contributed by atoms with van der Waals surface area (Å²) in [5.41, 5.74) is 2.35. The number of urea groups is 1. The van der Waals surface area contributed by atoms with E-state index in [1.165, 1.54) is 0 Å². The van der Waals surface area contributed by atoms with Gasteiger partial charge in [0.1, 0.15) is 11.8 Å². The number of likely N-dealkylation sites (tertiary alicyclic amines) is 1. The van der Waals surface area contributed by atoms with Crippen molar-refractivity contribution >= 4 is 23.3 Å². The number of anilines is 2. The number of carbonyl (C=O) groups is 2. The van der Waals surface area contributed by atoms with Crippen LogP contribution in [0.5, 0.6) is 5.75 Å². The summed E-state index contributed by atoms with van der Waals surface area (Å²) in [7, 11) is 1.55. The Morgan fingerprint density at radius 1 is 1.04 bits per heavy atom. The van der Waals surface area contributed by atoms with Crippen molar-refractivity contribution in [1.82, 2.24) is 4.90 Å². The molecule has 1 heterocycles. The van der Waals surface area contributed by atoms with Gasteiger partial charge in [-0.3, -0.25) is 4.79 Å². The SMILES string of the molecule is COc1ccccc1NC(=O)N1CCC[C@H]1C(=O)Nc1ccccc1C. The molecular weight excluding hydrogens is 330 g/mol. The molecule has 2 aromatic rings. The summed E-state index contributed by atoms with van der Waals surface area (Å²) in [5.74, 6) is 0.424. The second-order valence-electron chi connectivity index (χ2n) is 6.29. The molecule has 0 aliphatic carbocycles. The maximum absolute atomic E-state index is 12.7. The Kier molecular flexibility index (Phi) is 5.41. The number of amides is 3. The topological polar surface area (TPSA) is 70.7 Å². The van der Waals surface area contributed by atoms with Gasteiger partial charge in [-0.1, -0.05) is 30.3 Å². The van der Waals surface area contributed by atoms with Gasteiger partial charge in [0.15, 0.2) is 0 Å². The predicted molar refractivity (Wildman–Crippen MR) is 102 cm³/mol. The van der Waals surface area contributed by atoms with E-state index in [1.54, 1.807) is 24.1 Å². The molecule has 136 valence electrons. The van der Waals surface area contributed by atoms with Crippen molar-refractivity contribution in [3.05, 3.63) is 54.1 Å². The molecule has 3 rings (SSSR count). The van der Waals surface area contributed by atoms with Gasteiger partial charge in [0, 0.05) is 12.2 Å². The van der Waals surface area contributed by atoms with Crippen LogP contribution in [0.1, 0.15) is 18.4 Å². The lowest BCUT2D eigenvalue weighted by molar-refractivity contribution is -0.119. The molecule has 0 aromatic heterocycles. The Hall–Kier alpha value is -3.02. The molecule has 3 amide bonds. The number of nitrogens with one attached hydrogen (secondary N) is 2. The Morgan fingerprint density at radius 2 is 1.73 bits per heavy atom.